The Balaban J connectivity index is 1.64. The van der Waals surface area contributed by atoms with E-state index >= 15 is 0 Å². The third-order valence-corrected chi connectivity index (χ3v) is 9.43. The lowest BCUT2D eigenvalue weighted by Crippen LogP contribution is -2.53. The van der Waals surface area contributed by atoms with E-state index in [0.717, 1.165) is 35.6 Å². The number of halogens is 1. The summed E-state index contributed by atoms with van der Waals surface area (Å²) in [6, 6.07) is 21.2. The SMILES string of the molecule is COc1ccc(S(=O)(=O)N(CC(=O)N(CCc2ccccc2)[C@@H](C)C(=O)NC2CCCC2)c2ccc(Cl)cc2)cc1. The number of amides is 2. The number of hydrogen-bond donors (Lipinski definition) is 1. The van der Waals surface area contributed by atoms with Gasteiger partial charge in [-0.15, -0.1) is 0 Å². The van der Waals surface area contributed by atoms with Gasteiger partial charge in [0.05, 0.1) is 17.7 Å². The number of anilines is 1. The molecule has 0 heterocycles. The maximum atomic E-state index is 14.0. The zero-order chi connectivity index (χ0) is 29.4. The van der Waals surface area contributed by atoms with Gasteiger partial charge in [0.2, 0.25) is 11.8 Å². The van der Waals surface area contributed by atoms with Crippen molar-refractivity contribution in [1.82, 2.24) is 10.2 Å². The molecule has 4 rings (SSSR count). The van der Waals surface area contributed by atoms with Gasteiger partial charge in [0.25, 0.3) is 10.0 Å². The van der Waals surface area contributed by atoms with Crippen molar-refractivity contribution in [1.29, 1.82) is 0 Å². The first kappa shape index (κ1) is 30.4. The molecule has 2 amide bonds. The van der Waals surface area contributed by atoms with Crippen LogP contribution in [0.2, 0.25) is 5.02 Å². The number of nitrogens with one attached hydrogen (secondary N) is 1. The molecule has 1 atom stereocenters. The summed E-state index contributed by atoms with van der Waals surface area (Å²) in [5.41, 5.74) is 1.29. The molecule has 1 aliphatic carbocycles. The van der Waals surface area contributed by atoms with Gasteiger partial charge in [-0.1, -0.05) is 54.8 Å². The summed E-state index contributed by atoms with van der Waals surface area (Å²) in [5.74, 6) is -0.219. The first-order valence-electron chi connectivity index (χ1n) is 13.7. The normalized spacial score (nSPS) is 14.3. The summed E-state index contributed by atoms with van der Waals surface area (Å²) in [6.45, 7) is 1.45. The lowest BCUT2D eigenvalue weighted by atomic mass is 10.1. The fourth-order valence-electron chi connectivity index (χ4n) is 4.97. The monoisotopic (exact) mass is 597 g/mol. The lowest BCUT2D eigenvalue weighted by molar-refractivity contribution is -0.139. The molecule has 10 heteroatoms. The Morgan fingerprint density at radius 3 is 2.22 bits per heavy atom. The molecule has 3 aromatic rings. The van der Waals surface area contributed by atoms with E-state index in [9.17, 15) is 18.0 Å². The lowest BCUT2D eigenvalue weighted by Gasteiger charge is -2.32. The van der Waals surface area contributed by atoms with Crippen LogP contribution >= 0.6 is 11.6 Å². The Labute approximate surface area is 247 Å². The van der Waals surface area contributed by atoms with Crippen LogP contribution in [0.5, 0.6) is 5.75 Å². The van der Waals surface area contributed by atoms with E-state index in [1.54, 1.807) is 43.3 Å². The van der Waals surface area contributed by atoms with Gasteiger partial charge < -0.3 is 15.0 Å². The smallest absolute Gasteiger partial charge is 0.264 e. The summed E-state index contributed by atoms with van der Waals surface area (Å²) in [5, 5.41) is 3.51. The van der Waals surface area contributed by atoms with E-state index in [-0.39, 0.29) is 29.1 Å². The summed E-state index contributed by atoms with van der Waals surface area (Å²) in [6.07, 6.45) is 4.48. The van der Waals surface area contributed by atoms with Crippen LogP contribution in [-0.2, 0) is 26.0 Å². The number of carbonyl (C=O) groups excluding carboxylic acids is 2. The molecule has 1 aliphatic rings. The summed E-state index contributed by atoms with van der Waals surface area (Å²) >= 11 is 6.08. The highest BCUT2D eigenvalue weighted by atomic mass is 35.5. The summed E-state index contributed by atoms with van der Waals surface area (Å²) < 4.78 is 34.0. The number of carbonyl (C=O) groups is 2. The van der Waals surface area contributed by atoms with Crippen molar-refractivity contribution in [2.75, 3.05) is 24.5 Å². The molecule has 41 heavy (non-hydrogen) atoms. The molecule has 0 unspecified atom stereocenters. The van der Waals surface area contributed by atoms with Crippen LogP contribution in [0, 0.1) is 0 Å². The van der Waals surface area contributed by atoms with Crippen molar-refractivity contribution in [2.45, 2.75) is 56.0 Å². The van der Waals surface area contributed by atoms with Crippen molar-refractivity contribution in [2.24, 2.45) is 0 Å². The standard InChI is InChI=1S/C31H36ClN3O5S/c1-23(31(37)33-26-10-6-7-11-26)34(21-20-24-8-4-3-5-9-24)30(36)22-35(27-14-12-25(32)13-15-27)41(38,39)29-18-16-28(40-2)17-19-29/h3-5,8-9,12-19,23,26H,6-7,10-11,20-22H2,1-2H3,(H,33,37)/t23-/m0/s1. The zero-order valence-corrected chi connectivity index (χ0v) is 24.9. The Morgan fingerprint density at radius 2 is 1.61 bits per heavy atom. The Hall–Kier alpha value is -3.56. The molecule has 0 radical (unpaired) electrons. The average molecular weight is 598 g/mol. The minimum Gasteiger partial charge on any atom is -0.497 e. The van der Waals surface area contributed by atoms with Crippen LogP contribution in [0.4, 0.5) is 5.69 Å². The predicted molar refractivity (Wildman–Crippen MR) is 161 cm³/mol. The molecular weight excluding hydrogens is 562 g/mol. The fourth-order valence-corrected chi connectivity index (χ4v) is 6.51. The molecule has 3 aromatic carbocycles. The van der Waals surface area contributed by atoms with Gasteiger partial charge >= 0.3 is 0 Å². The summed E-state index contributed by atoms with van der Waals surface area (Å²) in [7, 11) is -2.67. The third-order valence-electron chi connectivity index (χ3n) is 7.39. The number of ether oxygens (including phenoxy) is 1. The van der Waals surface area contributed by atoms with Crippen LogP contribution in [0.3, 0.4) is 0 Å². The fraction of sp³-hybridized carbons (Fsp3) is 0.355. The van der Waals surface area contributed by atoms with Crippen molar-refractivity contribution in [3.8, 4) is 5.75 Å². The molecule has 0 saturated heterocycles. The van der Waals surface area contributed by atoms with Crippen molar-refractivity contribution >= 4 is 39.1 Å². The number of sulfonamides is 1. The number of benzene rings is 3. The Bertz CT molecular complexity index is 1410. The highest BCUT2D eigenvalue weighted by Crippen LogP contribution is 2.27. The number of methoxy groups -OCH3 is 1. The van der Waals surface area contributed by atoms with E-state index in [4.69, 9.17) is 16.3 Å². The van der Waals surface area contributed by atoms with Crippen LogP contribution in [0.15, 0.2) is 83.8 Å². The van der Waals surface area contributed by atoms with Crippen molar-refractivity contribution in [3.63, 3.8) is 0 Å². The van der Waals surface area contributed by atoms with Crippen molar-refractivity contribution in [3.05, 3.63) is 89.4 Å². The summed E-state index contributed by atoms with van der Waals surface area (Å²) in [4.78, 5) is 28.7. The van der Waals surface area contributed by atoms with Gasteiger partial charge in [-0.05, 0) is 80.3 Å². The van der Waals surface area contributed by atoms with Crippen molar-refractivity contribution < 1.29 is 22.7 Å². The number of rotatable bonds is 12. The molecule has 1 saturated carbocycles. The Kier molecular flexibility index (Phi) is 10.3. The highest BCUT2D eigenvalue weighted by molar-refractivity contribution is 7.92. The first-order valence-corrected chi connectivity index (χ1v) is 15.6. The van der Waals surface area contributed by atoms with Gasteiger partial charge in [0.1, 0.15) is 18.3 Å². The molecule has 0 aliphatic heterocycles. The maximum Gasteiger partial charge on any atom is 0.264 e. The minimum absolute atomic E-state index is 0.00362. The number of hydrogen-bond acceptors (Lipinski definition) is 5. The van der Waals surface area contributed by atoms with E-state index < -0.39 is 28.5 Å². The second kappa shape index (κ2) is 13.9. The largest absolute Gasteiger partial charge is 0.497 e. The first-order chi connectivity index (χ1) is 19.7. The maximum absolute atomic E-state index is 14.0. The van der Waals surface area contributed by atoms with Gasteiger partial charge in [-0.3, -0.25) is 13.9 Å². The second-order valence-electron chi connectivity index (χ2n) is 10.2. The van der Waals surface area contributed by atoms with Crippen LogP contribution in [0.1, 0.15) is 38.2 Å². The molecule has 8 nitrogen and oxygen atoms in total. The molecule has 218 valence electrons. The quantitative estimate of drug-likeness (QED) is 0.315. The van der Waals surface area contributed by atoms with Gasteiger partial charge in [0.15, 0.2) is 0 Å². The molecule has 0 spiro atoms. The van der Waals surface area contributed by atoms with Crippen LogP contribution in [-0.4, -0.2) is 57.4 Å². The third kappa shape index (κ3) is 7.80. The van der Waals surface area contributed by atoms with Gasteiger partial charge in [-0.25, -0.2) is 8.42 Å². The molecule has 0 bridgehead atoms. The van der Waals surface area contributed by atoms with Gasteiger partial charge in [-0.2, -0.15) is 0 Å². The zero-order valence-electron chi connectivity index (χ0n) is 23.3. The number of nitrogens with zero attached hydrogens (tertiary/aromatic N) is 2. The molecular formula is C31H36ClN3O5S. The van der Waals surface area contributed by atoms with E-state index in [0.29, 0.717) is 17.2 Å². The second-order valence-corrected chi connectivity index (χ2v) is 12.5. The molecule has 1 N–H and O–H groups in total. The van der Waals surface area contributed by atoms with E-state index in [1.807, 2.05) is 30.3 Å². The van der Waals surface area contributed by atoms with Crippen LogP contribution < -0.4 is 14.4 Å². The van der Waals surface area contributed by atoms with E-state index in [2.05, 4.69) is 5.32 Å². The topological polar surface area (TPSA) is 96.0 Å². The minimum atomic E-state index is -4.17. The highest BCUT2D eigenvalue weighted by Gasteiger charge is 2.33. The van der Waals surface area contributed by atoms with Gasteiger partial charge in [0, 0.05) is 17.6 Å². The van der Waals surface area contributed by atoms with Crippen LogP contribution in [0.25, 0.3) is 0 Å². The molecule has 1 fully saturated rings. The van der Waals surface area contributed by atoms with E-state index in [1.165, 1.54) is 24.1 Å². The molecule has 0 aromatic heterocycles. The predicted octanol–water partition coefficient (Wildman–Crippen LogP) is 5.06. The Morgan fingerprint density at radius 1 is 0.976 bits per heavy atom. The average Bonchev–Trinajstić information content (AvgIpc) is 3.50.